The largest absolute Gasteiger partial charge is 0.508 e. The number of halogens is 3. The number of anilines is 3. The number of nitrogens with one attached hydrogen (secondary N) is 4. The quantitative estimate of drug-likeness (QED) is 0.135. The third-order valence-electron chi connectivity index (χ3n) is 6.73. The van der Waals surface area contributed by atoms with E-state index in [1.54, 1.807) is 12.1 Å². The molecule has 5 rings (SSSR count). The highest BCUT2D eigenvalue weighted by molar-refractivity contribution is 5.85. The van der Waals surface area contributed by atoms with Gasteiger partial charge in [0.2, 0.25) is 17.8 Å². The average Bonchev–Trinajstić information content (AvgIpc) is 2.99. The molecule has 1 aliphatic rings. The molecular weight excluding hydrogens is 563 g/mol. The summed E-state index contributed by atoms with van der Waals surface area (Å²) < 4.78 is 31.7. The summed E-state index contributed by atoms with van der Waals surface area (Å²) >= 11 is 0. The van der Waals surface area contributed by atoms with Crippen molar-refractivity contribution < 1.29 is 28.2 Å². The number of alkyl halides is 3. The smallest absolute Gasteiger partial charge is 0.490 e. The van der Waals surface area contributed by atoms with E-state index in [9.17, 15) is 18.3 Å². The van der Waals surface area contributed by atoms with Gasteiger partial charge in [0.1, 0.15) is 5.75 Å². The standard InChI is InChI=1S/C28H33N7O.C2HF3O2/c36-24-12-10-20(11-13-24)5-4-16-30-26-33-27(35-28(34-26)32-23-14-17-29-18-15-23)31-19-22-8-3-7-21-6-1-2-9-25(21)22;3-2(4,5)1(6)7/h1-3,6-13,23,29,36H,4-5,14-19H2,(H3,30,31,32,33,34,35);(H,6,7). The van der Waals surface area contributed by atoms with Crippen LogP contribution in [0.15, 0.2) is 66.7 Å². The van der Waals surface area contributed by atoms with Crippen LogP contribution in [0.5, 0.6) is 5.75 Å². The van der Waals surface area contributed by atoms with E-state index in [1.165, 1.54) is 21.9 Å². The third-order valence-corrected chi connectivity index (χ3v) is 6.73. The second-order valence-corrected chi connectivity index (χ2v) is 9.97. The molecule has 1 saturated heterocycles. The number of aliphatic carboxylic acids is 1. The van der Waals surface area contributed by atoms with Crippen LogP contribution in [0.25, 0.3) is 10.8 Å². The van der Waals surface area contributed by atoms with Gasteiger partial charge in [-0.3, -0.25) is 0 Å². The fraction of sp³-hybridized carbons (Fsp3) is 0.333. The number of hydrogen-bond acceptors (Lipinski definition) is 9. The van der Waals surface area contributed by atoms with Gasteiger partial charge < -0.3 is 31.5 Å². The molecule has 1 aliphatic heterocycles. The van der Waals surface area contributed by atoms with Crippen molar-refractivity contribution in [2.45, 2.75) is 44.4 Å². The first kappa shape index (κ1) is 31.3. The minimum absolute atomic E-state index is 0.291. The lowest BCUT2D eigenvalue weighted by atomic mass is 10.0. The van der Waals surface area contributed by atoms with E-state index in [0.29, 0.717) is 36.2 Å². The maximum atomic E-state index is 10.6. The van der Waals surface area contributed by atoms with Crippen LogP contribution in [0.2, 0.25) is 0 Å². The topological polar surface area (TPSA) is 144 Å². The van der Waals surface area contributed by atoms with Gasteiger partial charge in [-0.2, -0.15) is 28.1 Å². The van der Waals surface area contributed by atoms with Gasteiger partial charge in [-0.05, 0) is 72.8 Å². The summed E-state index contributed by atoms with van der Waals surface area (Å²) in [5, 5.41) is 32.7. The van der Waals surface area contributed by atoms with E-state index in [4.69, 9.17) is 9.90 Å². The first-order valence-electron chi connectivity index (χ1n) is 13.9. The number of hydrogen-bond donors (Lipinski definition) is 6. The van der Waals surface area contributed by atoms with E-state index >= 15 is 0 Å². The van der Waals surface area contributed by atoms with Crippen molar-refractivity contribution in [2.24, 2.45) is 0 Å². The highest BCUT2D eigenvalue weighted by atomic mass is 19.4. The monoisotopic (exact) mass is 597 g/mol. The molecule has 6 N–H and O–H groups in total. The second-order valence-electron chi connectivity index (χ2n) is 9.97. The van der Waals surface area contributed by atoms with E-state index in [0.717, 1.165) is 45.3 Å². The number of rotatable bonds is 10. The van der Waals surface area contributed by atoms with Gasteiger partial charge in [-0.25, -0.2) is 4.79 Å². The second kappa shape index (κ2) is 15.0. The Kier molecular flexibility index (Phi) is 10.9. The third kappa shape index (κ3) is 9.99. The first-order chi connectivity index (χ1) is 20.7. The molecule has 0 bridgehead atoms. The zero-order chi connectivity index (χ0) is 30.7. The van der Waals surface area contributed by atoms with Gasteiger partial charge in [0.15, 0.2) is 0 Å². The number of phenolic OH excluding ortho intramolecular Hbond substituents is 1. The van der Waals surface area contributed by atoms with Crippen LogP contribution in [0, 0.1) is 0 Å². The van der Waals surface area contributed by atoms with Gasteiger partial charge in [-0.1, -0.05) is 54.6 Å². The molecule has 0 saturated carbocycles. The minimum atomic E-state index is -5.08. The average molecular weight is 598 g/mol. The van der Waals surface area contributed by atoms with Gasteiger partial charge in [0.05, 0.1) is 0 Å². The molecular formula is C30H34F3N7O3. The van der Waals surface area contributed by atoms with Crippen molar-refractivity contribution >= 4 is 34.6 Å². The summed E-state index contributed by atoms with van der Waals surface area (Å²) in [5.41, 5.74) is 2.39. The lowest BCUT2D eigenvalue weighted by molar-refractivity contribution is -0.192. The zero-order valence-corrected chi connectivity index (χ0v) is 23.4. The molecule has 0 atom stereocenters. The number of aromatic nitrogens is 3. The Balaban J connectivity index is 0.000000541. The summed E-state index contributed by atoms with van der Waals surface area (Å²) in [6.07, 6.45) is -1.17. The molecule has 10 nitrogen and oxygen atoms in total. The van der Waals surface area contributed by atoms with E-state index in [1.807, 2.05) is 12.1 Å². The van der Waals surface area contributed by atoms with Crippen molar-refractivity contribution in [3.8, 4) is 5.75 Å². The summed E-state index contributed by atoms with van der Waals surface area (Å²) in [6.45, 7) is 3.35. The molecule has 0 radical (unpaired) electrons. The number of carbonyl (C=O) groups is 1. The lowest BCUT2D eigenvalue weighted by Gasteiger charge is -2.24. The molecule has 0 aliphatic carbocycles. The van der Waals surface area contributed by atoms with Crippen LogP contribution in [0.3, 0.4) is 0 Å². The Morgan fingerprint density at radius 2 is 1.51 bits per heavy atom. The van der Waals surface area contributed by atoms with Crippen LogP contribution in [-0.4, -0.2) is 63.0 Å². The molecule has 4 aromatic rings. The fourth-order valence-corrected chi connectivity index (χ4v) is 4.52. The Labute approximate surface area is 246 Å². The Morgan fingerprint density at radius 1 is 0.884 bits per heavy atom. The number of carboxylic acid groups (broad SMARTS) is 1. The van der Waals surface area contributed by atoms with Crippen LogP contribution >= 0.6 is 0 Å². The molecule has 0 amide bonds. The fourth-order valence-electron chi connectivity index (χ4n) is 4.52. The number of aryl methyl sites for hydroxylation is 1. The molecule has 1 fully saturated rings. The molecule has 1 aromatic heterocycles. The van der Waals surface area contributed by atoms with Crippen molar-refractivity contribution in [3.05, 3.63) is 77.9 Å². The number of carboxylic acids is 1. The van der Waals surface area contributed by atoms with E-state index in [2.05, 4.69) is 78.7 Å². The van der Waals surface area contributed by atoms with E-state index in [-0.39, 0.29) is 0 Å². The SMILES string of the molecule is O=C(O)C(F)(F)F.Oc1ccc(CCCNc2nc(NCc3cccc4ccccc34)nc(NC3CCNCC3)n2)cc1. The Hall–Kier alpha value is -4.65. The predicted molar refractivity (Wildman–Crippen MR) is 159 cm³/mol. The van der Waals surface area contributed by atoms with Crippen molar-refractivity contribution in [3.63, 3.8) is 0 Å². The lowest BCUT2D eigenvalue weighted by Crippen LogP contribution is -2.35. The molecule has 43 heavy (non-hydrogen) atoms. The molecule has 3 aromatic carbocycles. The normalized spacial score (nSPS) is 13.6. The number of fused-ring (bicyclic) bond motifs is 1. The predicted octanol–water partition coefficient (Wildman–Crippen LogP) is 5.18. The Morgan fingerprint density at radius 3 is 2.21 bits per heavy atom. The highest BCUT2D eigenvalue weighted by Crippen LogP contribution is 2.20. The summed E-state index contributed by atoms with van der Waals surface area (Å²) in [5.74, 6) is -0.756. The van der Waals surface area contributed by atoms with Crippen molar-refractivity contribution in [1.82, 2.24) is 20.3 Å². The molecule has 0 spiro atoms. The number of nitrogens with zero attached hydrogens (tertiary/aromatic N) is 3. The van der Waals surface area contributed by atoms with Crippen molar-refractivity contribution in [1.29, 1.82) is 0 Å². The highest BCUT2D eigenvalue weighted by Gasteiger charge is 2.38. The number of aromatic hydroxyl groups is 1. The molecule has 228 valence electrons. The maximum absolute atomic E-state index is 10.6. The van der Waals surface area contributed by atoms with E-state index < -0.39 is 12.1 Å². The van der Waals surface area contributed by atoms with Crippen LogP contribution < -0.4 is 21.3 Å². The number of piperidine rings is 1. The molecule has 2 heterocycles. The van der Waals surface area contributed by atoms with Crippen LogP contribution in [0.1, 0.15) is 30.4 Å². The molecule has 13 heteroatoms. The van der Waals surface area contributed by atoms with Crippen LogP contribution in [0.4, 0.5) is 31.0 Å². The molecule has 0 unspecified atom stereocenters. The summed E-state index contributed by atoms with van der Waals surface area (Å²) in [4.78, 5) is 22.9. The van der Waals surface area contributed by atoms with Crippen LogP contribution in [-0.2, 0) is 17.8 Å². The summed E-state index contributed by atoms with van der Waals surface area (Å²) in [6, 6.07) is 22.4. The Bertz CT molecular complexity index is 1480. The number of phenols is 1. The van der Waals surface area contributed by atoms with Gasteiger partial charge in [-0.15, -0.1) is 0 Å². The first-order valence-corrected chi connectivity index (χ1v) is 13.9. The zero-order valence-electron chi connectivity index (χ0n) is 23.4. The van der Waals surface area contributed by atoms with Gasteiger partial charge >= 0.3 is 12.1 Å². The van der Waals surface area contributed by atoms with Gasteiger partial charge in [0.25, 0.3) is 0 Å². The maximum Gasteiger partial charge on any atom is 0.490 e. The van der Waals surface area contributed by atoms with Gasteiger partial charge in [0, 0.05) is 19.1 Å². The van der Waals surface area contributed by atoms with Crippen molar-refractivity contribution in [2.75, 3.05) is 35.6 Å². The summed E-state index contributed by atoms with van der Waals surface area (Å²) in [7, 11) is 0. The number of benzene rings is 3. The minimum Gasteiger partial charge on any atom is -0.508 e.